The predicted molar refractivity (Wildman–Crippen MR) is 82.7 cm³/mol. The minimum atomic E-state index is 0.468. The molecule has 0 unspecified atom stereocenters. The zero-order chi connectivity index (χ0) is 13.9. The summed E-state index contributed by atoms with van der Waals surface area (Å²) in [6.45, 7) is 1.85. The van der Waals surface area contributed by atoms with Crippen molar-refractivity contribution in [1.82, 2.24) is 9.97 Å². The van der Waals surface area contributed by atoms with Gasteiger partial charge in [-0.05, 0) is 18.1 Å². The lowest BCUT2D eigenvalue weighted by molar-refractivity contribution is 1.06. The second-order valence-electron chi connectivity index (χ2n) is 4.53. The Bertz CT molecular complexity index is 719. The maximum Gasteiger partial charge on any atom is 0.133 e. The van der Waals surface area contributed by atoms with Crippen LogP contribution < -0.4 is 0 Å². The Morgan fingerprint density at radius 1 is 0.800 bits per heavy atom. The van der Waals surface area contributed by atoms with Crippen molar-refractivity contribution in [2.45, 2.75) is 6.92 Å². The standard InChI is InChI=1S/C17H13ClN2/c1-12-19-16(11-17(18)20-12)15-10-6-5-9-14(15)13-7-3-2-4-8-13/h2-11H,1H3. The Morgan fingerprint density at radius 2 is 1.45 bits per heavy atom. The zero-order valence-electron chi connectivity index (χ0n) is 11.0. The van der Waals surface area contributed by atoms with Crippen molar-refractivity contribution in [3.8, 4) is 22.4 Å². The molecule has 1 heterocycles. The van der Waals surface area contributed by atoms with Gasteiger partial charge < -0.3 is 0 Å². The third-order valence-electron chi connectivity index (χ3n) is 3.09. The first-order chi connectivity index (χ1) is 9.74. The number of hydrogen-bond donors (Lipinski definition) is 0. The SMILES string of the molecule is Cc1nc(Cl)cc(-c2ccccc2-c2ccccc2)n1. The van der Waals surface area contributed by atoms with Crippen LogP contribution in [0.5, 0.6) is 0 Å². The highest BCUT2D eigenvalue weighted by atomic mass is 35.5. The van der Waals surface area contributed by atoms with Gasteiger partial charge in [-0.15, -0.1) is 0 Å². The van der Waals surface area contributed by atoms with Gasteiger partial charge in [-0.25, -0.2) is 9.97 Å². The molecule has 0 spiro atoms. The molecular weight excluding hydrogens is 268 g/mol. The molecule has 0 saturated carbocycles. The van der Waals surface area contributed by atoms with Crippen molar-refractivity contribution in [3.63, 3.8) is 0 Å². The molecule has 0 aliphatic heterocycles. The van der Waals surface area contributed by atoms with Gasteiger partial charge in [0.15, 0.2) is 0 Å². The van der Waals surface area contributed by atoms with E-state index in [4.69, 9.17) is 11.6 Å². The number of halogens is 1. The Morgan fingerprint density at radius 3 is 2.15 bits per heavy atom. The van der Waals surface area contributed by atoms with Crippen molar-refractivity contribution in [2.24, 2.45) is 0 Å². The van der Waals surface area contributed by atoms with E-state index in [0.717, 1.165) is 22.4 Å². The lowest BCUT2D eigenvalue weighted by Gasteiger charge is -2.10. The van der Waals surface area contributed by atoms with Crippen molar-refractivity contribution in [1.29, 1.82) is 0 Å². The zero-order valence-corrected chi connectivity index (χ0v) is 11.8. The van der Waals surface area contributed by atoms with Crippen LogP contribution in [0.3, 0.4) is 0 Å². The Kier molecular flexibility index (Phi) is 3.48. The van der Waals surface area contributed by atoms with Gasteiger partial charge in [0, 0.05) is 11.6 Å². The average Bonchev–Trinajstić information content (AvgIpc) is 2.47. The first-order valence-corrected chi connectivity index (χ1v) is 6.78. The van der Waals surface area contributed by atoms with Crippen LogP contribution in [0.2, 0.25) is 5.15 Å². The second kappa shape index (κ2) is 5.43. The van der Waals surface area contributed by atoms with E-state index >= 15 is 0 Å². The van der Waals surface area contributed by atoms with Crippen LogP contribution in [0.25, 0.3) is 22.4 Å². The van der Waals surface area contributed by atoms with E-state index < -0.39 is 0 Å². The molecule has 0 N–H and O–H groups in total. The summed E-state index contributed by atoms with van der Waals surface area (Å²) in [6.07, 6.45) is 0. The topological polar surface area (TPSA) is 25.8 Å². The van der Waals surface area contributed by atoms with Crippen LogP contribution >= 0.6 is 11.6 Å². The highest BCUT2D eigenvalue weighted by Crippen LogP contribution is 2.31. The molecule has 0 bridgehead atoms. The molecule has 1 aromatic heterocycles. The number of nitrogens with zero attached hydrogens (tertiary/aromatic N) is 2. The molecule has 0 amide bonds. The molecule has 3 aromatic rings. The average molecular weight is 281 g/mol. The van der Waals surface area contributed by atoms with E-state index in [-0.39, 0.29) is 0 Å². The fourth-order valence-electron chi connectivity index (χ4n) is 2.25. The van der Waals surface area contributed by atoms with Crippen LogP contribution in [0.4, 0.5) is 0 Å². The van der Waals surface area contributed by atoms with E-state index in [1.165, 1.54) is 0 Å². The molecule has 0 fully saturated rings. The quantitative estimate of drug-likeness (QED) is 0.632. The van der Waals surface area contributed by atoms with E-state index in [0.29, 0.717) is 11.0 Å². The molecule has 3 rings (SSSR count). The van der Waals surface area contributed by atoms with Crippen LogP contribution in [0, 0.1) is 6.92 Å². The summed E-state index contributed by atoms with van der Waals surface area (Å²) < 4.78 is 0. The van der Waals surface area contributed by atoms with Gasteiger partial charge in [0.1, 0.15) is 11.0 Å². The molecular formula is C17H13ClN2. The summed E-state index contributed by atoms with van der Waals surface area (Å²) in [6, 6.07) is 20.2. The fourth-order valence-corrected chi connectivity index (χ4v) is 2.47. The van der Waals surface area contributed by atoms with Gasteiger partial charge in [-0.3, -0.25) is 0 Å². The summed E-state index contributed by atoms with van der Waals surface area (Å²) in [5, 5.41) is 0.468. The molecule has 0 aliphatic carbocycles. The summed E-state index contributed by atoms with van der Waals surface area (Å²) >= 11 is 6.05. The lowest BCUT2D eigenvalue weighted by atomic mass is 9.97. The van der Waals surface area contributed by atoms with Crippen molar-refractivity contribution in [2.75, 3.05) is 0 Å². The van der Waals surface area contributed by atoms with Crippen molar-refractivity contribution >= 4 is 11.6 Å². The third-order valence-corrected chi connectivity index (χ3v) is 3.29. The predicted octanol–water partition coefficient (Wildman–Crippen LogP) is 4.77. The number of aryl methyl sites for hydroxylation is 1. The Labute approximate surface area is 123 Å². The summed E-state index contributed by atoms with van der Waals surface area (Å²) in [5.41, 5.74) is 4.21. The van der Waals surface area contributed by atoms with E-state index in [2.05, 4.69) is 34.2 Å². The van der Waals surface area contributed by atoms with Gasteiger partial charge in [0.05, 0.1) is 5.69 Å². The fraction of sp³-hybridized carbons (Fsp3) is 0.0588. The van der Waals surface area contributed by atoms with Gasteiger partial charge in [-0.1, -0.05) is 66.2 Å². The molecule has 0 atom stereocenters. The van der Waals surface area contributed by atoms with Crippen LogP contribution in [-0.2, 0) is 0 Å². The largest absolute Gasteiger partial charge is 0.233 e. The van der Waals surface area contributed by atoms with Gasteiger partial charge >= 0.3 is 0 Å². The first kappa shape index (κ1) is 12.8. The smallest absolute Gasteiger partial charge is 0.133 e. The Hall–Kier alpha value is -2.19. The Balaban J connectivity index is 2.20. The minimum Gasteiger partial charge on any atom is -0.233 e. The van der Waals surface area contributed by atoms with E-state index in [1.807, 2.05) is 37.3 Å². The monoisotopic (exact) mass is 280 g/mol. The van der Waals surface area contributed by atoms with Crippen LogP contribution in [0.1, 0.15) is 5.82 Å². The van der Waals surface area contributed by atoms with Gasteiger partial charge in [-0.2, -0.15) is 0 Å². The number of hydrogen-bond acceptors (Lipinski definition) is 2. The third kappa shape index (κ3) is 2.56. The number of benzene rings is 2. The van der Waals surface area contributed by atoms with E-state index in [1.54, 1.807) is 6.07 Å². The molecule has 2 aromatic carbocycles. The van der Waals surface area contributed by atoms with Crippen LogP contribution in [0.15, 0.2) is 60.7 Å². The van der Waals surface area contributed by atoms with Crippen molar-refractivity contribution < 1.29 is 0 Å². The van der Waals surface area contributed by atoms with Gasteiger partial charge in [0.2, 0.25) is 0 Å². The summed E-state index contributed by atoms with van der Waals surface area (Å²) in [7, 11) is 0. The molecule has 0 saturated heterocycles. The molecule has 20 heavy (non-hydrogen) atoms. The summed E-state index contributed by atoms with van der Waals surface area (Å²) in [4.78, 5) is 8.61. The molecule has 0 radical (unpaired) electrons. The minimum absolute atomic E-state index is 0.468. The second-order valence-corrected chi connectivity index (χ2v) is 4.92. The molecule has 98 valence electrons. The lowest BCUT2D eigenvalue weighted by Crippen LogP contribution is -1.93. The number of aromatic nitrogens is 2. The van der Waals surface area contributed by atoms with Crippen molar-refractivity contribution in [3.05, 3.63) is 71.6 Å². The molecule has 3 heteroatoms. The highest BCUT2D eigenvalue weighted by Gasteiger charge is 2.09. The first-order valence-electron chi connectivity index (χ1n) is 6.40. The summed E-state index contributed by atoms with van der Waals surface area (Å²) in [5.74, 6) is 0.676. The number of rotatable bonds is 2. The maximum atomic E-state index is 6.05. The highest BCUT2D eigenvalue weighted by molar-refractivity contribution is 6.29. The maximum absolute atomic E-state index is 6.05. The molecule has 0 aliphatic rings. The van der Waals surface area contributed by atoms with E-state index in [9.17, 15) is 0 Å². The van der Waals surface area contributed by atoms with Gasteiger partial charge in [0.25, 0.3) is 0 Å². The normalized spacial score (nSPS) is 10.5. The van der Waals surface area contributed by atoms with Crippen LogP contribution in [-0.4, -0.2) is 9.97 Å². The molecule has 2 nitrogen and oxygen atoms in total.